The number of carbonyl (C=O) groups is 1. The summed E-state index contributed by atoms with van der Waals surface area (Å²) in [4.78, 5) is 25.2. The average molecular weight is 427 g/mol. The van der Waals surface area contributed by atoms with Gasteiger partial charge in [0.25, 0.3) is 0 Å². The molecule has 2 bridgehead atoms. The Morgan fingerprint density at radius 2 is 1.90 bits per heavy atom. The van der Waals surface area contributed by atoms with Crippen LogP contribution < -0.4 is 0 Å². The van der Waals surface area contributed by atoms with Crippen LogP contribution in [0.1, 0.15) is 31.4 Å². The maximum atomic E-state index is 14.7. The zero-order chi connectivity index (χ0) is 21.7. The molecule has 3 fully saturated rings. The van der Waals surface area contributed by atoms with Crippen molar-refractivity contribution in [1.29, 1.82) is 0 Å². The molecule has 0 amide bonds. The maximum Gasteiger partial charge on any atom is 0.309 e. The second-order valence-corrected chi connectivity index (χ2v) is 8.58. The first-order valence-corrected chi connectivity index (χ1v) is 10.5. The number of pyridine rings is 1. The van der Waals surface area contributed by atoms with Gasteiger partial charge in [-0.15, -0.1) is 0 Å². The number of aryl methyl sites for hydroxylation is 1. The lowest BCUT2D eigenvalue weighted by atomic mass is 9.57. The molecular formula is C22H23F2N5O2. The summed E-state index contributed by atoms with van der Waals surface area (Å²) in [5.74, 6) is -0.638. The molecule has 0 spiro atoms. The average Bonchev–Trinajstić information content (AvgIpc) is 3.11. The summed E-state index contributed by atoms with van der Waals surface area (Å²) in [6.07, 6.45) is 6.68. The highest BCUT2D eigenvalue weighted by Gasteiger charge is 2.47. The van der Waals surface area contributed by atoms with Gasteiger partial charge in [0.05, 0.1) is 36.5 Å². The Hall–Kier alpha value is -2.97. The number of aromatic nitrogens is 5. The predicted octanol–water partition coefficient (Wildman–Crippen LogP) is 3.47. The summed E-state index contributed by atoms with van der Waals surface area (Å²) < 4.78 is 35.1. The molecule has 0 radical (unpaired) electrons. The Bertz CT molecular complexity index is 1160. The quantitative estimate of drug-likeness (QED) is 0.593. The van der Waals surface area contributed by atoms with Crippen molar-refractivity contribution in [3.8, 4) is 11.5 Å². The molecule has 7 nitrogen and oxygen atoms in total. The largest absolute Gasteiger partial charge is 0.469 e. The van der Waals surface area contributed by atoms with Crippen LogP contribution in [0.5, 0.6) is 0 Å². The number of fused-ring (bicyclic) bond motifs is 4. The van der Waals surface area contributed by atoms with Crippen LogP contribution in [0.15, 0.2) is 18.5 Å². The first kappa shape index (κ1) is 20.0. The molecule has 9 heteroatoms. The molecule has 3 aliphatic rings. The number of carbonyl (C=O) groups excluding carboxylic acids is 1. The molecule has 3 saturated carbocycles. The molecule has 0 aromatic carbocycles. The summed E-state index contributed by atoms with van der Waals surface area (Å²) in [5, 5.41) is 4.84. The fraction of sp³-hybridized carbons (Fsp3) is 0.500. The zero-order valence-corrected chi connectivity index (χ0v) is 17.4. The molecule has 2 atom stereocenters. The van der Waals surface area contributed by atoms with Gasteiger partial charge < -0.3 is 4.74 Å². The van der Waals surface area contributed by atoms with Gasteiger partial charge in [-0.3, -0.25) is 4.79 Å². The van der Waals surface area contributed by atoms with Crippen LogP contribution in [0.3, 0.4) is 0 Å². The fourth-order valence-corrected chi connectivity index (χ4v) is 5.54. The van der Waals surface area contributed by atoms with Gasteiger partial charge in [0.15, 0.2) is 17.3 Å². The minimum absolute atomic E-state index is 0.0169. The Morgan fingerprint density at radius 3 is 2.65 bits per heavy atom. The molecule has 31 heavy (non-hydrogen) atoms. The van der Waals surface area contributed by atoms with E-state index >= 15 is 0 Å². The number of nitrogens with zero attached hydrogens (tertiary/aromatic N) is 5. The first-order valence-electron chi connectivity index (χ1n) is 10.5. The number of ether oxygens (including phenoxy) is 1. The number of methoxy groups -OCH3 is 1. The summed E-state index contributed by atoms with van der Waals surface area (Å²) in [6, 6.07) is 1.32. The maximum absolute atomic E-state index is 14.7. The van der Waals surface area contributed by atoms with E-state index in [2.05, 4.69) is 20.1 Å². The van der Waals surface area contributed by atoms with Crippen LogP contribution in [0, 0.1) is 35.3 Å². The number of halogens is 2. The van der Waals surface area contributed by atoms with Crippen LogP contribution in [-0.4, -0.2) is 37.8 Å². The zero-order valence-electron chi connectivity index (χ0n) is 17.4. The minimum atomic E-state index is -0.515. The molecule has 0 N–H and O–H groups in total. The van der Waals surface area contributed by atoms with Gasteiger partial charge in [-0.1, -0.05) is 0 Å². The SMILES string of the molecule is COC(=O)[C@H]1C2CCC(CC2)C1Cc1nc(-c2nn(C)c3ncc(F)cc23)ncc1F. The third kappa shape index (κ3) is 3.36. The van der Waals surface area contributed by atoms with E-state index in [1.807, 2.05) is 0 Å². The Morgan fingerprint density at radius 1 is 1.16 bits per heavy atom. The van der Waals surface area contributed by atoms with Crippen LogP contribution in [-0.2, 0) is 23.0 Å². The van der Waals surface area contributed by atoms with Crippen molar-refractivity contribution in [3.05, 3.63) is 35.8 Å². The first-order chi connectivity index (χ1) is 15.0. The smallest absolute Gasteiger partial charge is 0.309 e. The molecule has 3 aromatic heterocycles. The highest BCUT2D eigenvalue weighted by atomic mass is 19.1. The summed E-state index contributed by atoms with van der Waals surface area (Å²) >= 11 is 0. The van der Waals surface area contributed by atoms with Crippen LogP contribution >= 0.6 is 0 Å². The van der Waals surface area contributed by atoms with Gasteiger partial charge >= 0.3 is 5.97 Å². The molecule has 0 aliphatic heterocycles. The summed E-state index contributed by atoms with van der Waals surface area (Å²) in [7, 11) is 3.10. The van der Waals surface area contributed by atoms with Gasteiger partial charge in [0.1, 0.15) is 11.5 Å². The van der Waals surface area contributed by atoms with Gasteiger partial charge in [-0.2, -0.15) is 5.10 Å². The second kappa shape index (κ2) is 7.62. The van der Waals surface area contributed by atoms with Crippen LogP contribution in [0.4, 0.5) is 8.78 Å². The Balaban J connectivity index is 1.53. The Kier molecular flexibility index (Phi) is 4.91. The van der Waals surface area contributed by atoms with Gasteiger partial charge in [0.2, 0.25) is 0 Å². The van der Waals surface area contributed by atoms with E-state index in [1.165, 1.54) is 17.9 Å². The highest BCUT2D eigenvalue weighted by molar-refractivity contribution is 5.89. The number of rotatable bonds is 4. The van der Waals surface area contributed by atoms with Crippen molar-refractivity contribution in [3.63, 3.8) is 0 Å². The van der Waals surface area contributed by atoms with E-state index in [1.54, 1.807) is 7.05 Å². The Labute approximate surface area is 177 Å². The van der Waals surface area contributed by atoms with E-state index in [9.17, 15) is 13.6 Å². The molecule has 162 valence electrons. The second-order valence-electron chi connectivity index (χ2n) is 8.58. The molecule has 3 aromatic rings. The highest BCUT2D eigenvalue weighted by Crippen LogP contribution is 2.50. The molecule has 6 rings (SSSR count). The number of hydrogen-bond donors (Lipinski definition) is 0. The van der Waals surface area contributed by atoms with Crippen molar-refractivity contribution in [2.75, 3.05) is 7.11 Å². The van der Waals surface area contributed by atoms with E-state index < -0.39 is 11.6 Å². The van der Waals surface area contributed by atoms with E-state index in [0.717, 1.165) is 38.1 Å². The lowest BCUT2D eigenvalue weighted by Gasteiger charge is -2.47. The predicted molar refractivity (Wildman–Crippen MR) is 108 cm³/mol. The monoisotopic (exact) mass is 427 g/mol. The molecule has 3 heterocycles. The lowest BCUT2D eigenvalue weighted by Crippen LogP contribution is -2.45. The minimum Gasteiger partial charge on any atom is -0.469 e. The summed E-state index contributed by atoms with van der Waals surface area (Å²) in [5.41, 5.74) is 1.08. The van der Waals surface area contributed by atoms with Crippen molar-refractivity contribution in [2.24, 2.45) is 30.7 Å². The topological polar surface area (TPSA) is 82.8 Å². The van der Waals surface area contributed by atoms with Gasteiger partial charge in [0, 0.05) is 7.05 Å². The molecule has 1 unspecified atom stereocenters. The van der Waals surface area contributed by atoms with Crippen molar-refractivity contribution in [2.45, 2.75) is 32.1 Å². The molecule has 3 aliphatic carbocycles. The summed E-state index contributed by atoms with van der Waals surface area (Å²) in [6.45, 7) is 0. The van der Waals surface area contributed by atoms with Crippen LogP contribution in [0.25, 0.3) is 22.6 Å². The number of hydrogen-bond acceptors (Lipinski definition) is 6. The van der Waals surface area contributed by atoms with Crippen molar-refractivity contribution in [1.82, 2.24) is 24.7 Å². The third-order valence-corrected chi connectivity index (χ3v) is 6.97. The van der Waals surface area contributed by atoms with Crippen LogP contribution in [0.2, 0.25) is 0 Å². The normalized spacial score (nSPS) is 25.2. The molecule has 0 saturated heterocycles. The van der Waals surface area contributed by atoms with Crippen molar-refractivity contribution < 1.29 is 18.3 Å². The van der Waals surface area contributed by atoms with E-state index in [4.69, 9.17) is 4.74 Å². The third-order valence-electron chi connectivity index (χ3n) is 6.97. The number of esters is 1. The fourth-order valence-electron chi connectivity index (χ4n) is 5.54. The van der Waals surface area contributed by atoms with Gasteiger partial charge in [-0.25, -0.2) is 28.4 Å². The van der Waals surface area contributed by atoms with E-state index in [0.29, 0.717) is 29.1 Å². The standard InChI is InChI=1S/C22H23F2N5O2/c1-29-21-15(7-13(23)9-26-21)19(28-29)20-25-10-16(24)17(27-20)8-14-11-3-5-12(6-4-11)18(14)22(30)31-2/h7,9-12,14,18H,3-6,8H2,1-2H3/t11?,12?,14?,18-/m0/s1. The van der Waals surface area contributed by atoms with Gasteiger partial charge in [-0.05, 0) is 55.9 Å². The van der Waals surface area contributed by atoms with E-state index in [-0.39, 0.29) is 35.2 Å². The lowest BCUT2D eigenvalue weighted by molar-refractivity contribution is -0.156. The molecular weight excluding hydrogens is 404 g/mol. The van der Waals surface area contributed by atoms with Crippen molar-refractivity contribution >= 4 is 17.0 Å².